The molecule has 3 heteroatoms. The summed E-state index contributed by atoms with van der Waals surface area (Å²) in [7, 11) is 0. The summed E-state index contributed by atoms with van der Waals surface area (Å²) in [4.78, 5) is 4.11. The molecule has 1 rings (SSSR count). The van der Waals surface area contributed by atoms with Crippen molar-refractivity contribution >= 4 is 17.4 Å². The second kappa shape index (κ2) is 5.41. The van der Waals surface area contributed by atoms with E-state index in [0.717, 1.165) is 19.4 Å². The van der Waals surface area contributed by atoms with Crippen molar-refractivity contribution in [2.45, 2.75) is 44.8 Å². The minimum Gasteiger partial charge on any atom is -0.376 e. The topological polar surface area (TPSA) is 21.6 Å². The smallest absolute Gasteiger partial charge is 0.0861 e. The predicted octanol–water partition coefficient (Wildman–Crippen LogP) is 2.44. The van der Waals surface area contributed by atoms with Crippen LogP contribution < -0.4 is 0 Å². The van der Waals surface area contributed by atoms with Gasteiger partial charge in [-0.2, -0.15) is 0 Å². The lowest BCUT2D eigenvalue weighted by Gasteiger charge is -2.26. The van der Waals surface area contributed by atoms with Crippen LogP contribution in [0.25, 0.3) is 0 Å². The Kier molecular flexibility index (Phi) is 4.44. The van der Waals surface area contributed by atoms with Gasteiger partial charge in [0.1, 0.15) is 0 Å². The maximum absolute atomic E-state index is 5.60. The van der Waals surface area contributed by atoms with Crippen molar-refractivity contribution in [1.29, 1.82) is 0 Å². The molecule has 68 valence electrons. The van der Waals surface area contributed by atoms with Crippen LogP contribution in [0.1, 0.15) is 32.6 Å². The summed E-state index contributed by atoms with van der Waals surface area (Å²) in [6, 6.07) is 0.239. The van der Waals surface area contributed by atoms with Crippen molar-refractivity contribution in [3.05, 3.63) is 0 Å². The molecule has 0 saturated carbocycles. The van der Waals surface area contributed by atoms with Crippen molar-refractivity contribution in [3.8, 4) is 0 Å². The lowest BCUT2D eigenvalue weighted by molar-refractivity contribution is 0.000608. The Balaban J connectivity index is 2.45. The molecular weight excluding hydrogens is 170 g/mol. The zero-order valence-corrected chi connectivity index (χ0v) is 8.27. The lowest BCUT2D eigenvalue weighted by atomic mass is 10.0. The zero-order chi connectivity index (χ0) is 8.81. The monoisotopic (exact) mass is 185 g/mol. The summed E-state index contributed by atoms with van der Waals surface area (Å²) in [6.45, 7) is 2.99. The van der Waals surface area contributed by atoms with Gasteiger partial charge in [0.15, 0.2) is 0 Å². The van der Waals surface area contributed by atoms with Crippen LogP contribution in [0.5, 0.6) is 0 Å². The fraction of sp³-hybridized carbons (Fsp3) is 0.889. The molecule has 0 aromatic heterocycles. The average molecular weight is 185 g/mol. The van der Waals surface area contributed by atoms with Crippen LogP contribution in [0.4, 0.5) is 0 Å². The Morgan fingerprint density at radius 3 is 3.00 bits per heavy atom. The first kappa shape index (κ1) is 9.85. The lowest BCUT2D eigenvalue weighted by Crippen LogP contribution is -2.30. The van der Waals surface area contributed by atoms with Crippen molar-refractivity contribution in [2.24, 2.45) is 4.99 Å². The molecule has 0 aromatic rings. The Bertz CT molecular complexity index is 171. The fourth-order valence-corrected chi connectivity index (χ4v) is 1.71. The Hall–Kier alpha value is -0.240. The van der Waals surface area contributed by atoms with Gasteiger partial charge in [-0.1, -0.05) is 6.92 Å². The number of nitrogens with zero attached hydrogens (tertiary/aromatic N) is 1. The molecule has 12 heavy (non-hydrogen) atoms. The molecule has 0 unspecified atom stereocenters. The molecule has 0 bridgehead atoms. The molecular formula is C9H15NOS. The van der Waals surface area contributed by atoms with Crippen LogP contribution in [0.3, 0.4) is 0 Å². The molecule has 1 heterocycles. The molecule has 0 N–H and O–H groups in total. The molecule has 2 nitrogen and oxygen atoms in total. The second-order valence-electron chi connectivity index (χ2n) is 3.10. The normalized spacial score (nSPS) is 25.9. The number of aliphatic imine (C=N–C) groups is 1. The molecule has 0 radical (unpaired) electrons. The average Bonchev–Trinajstić information content (AvgIpc) is 2.15. The van der Waals surface area contributed by atoms with E-state index in [1.54, 1.807) is 0 Å². The van der Waals surface area contributed by atoms with Crippen LogP contribution >= 0.6 is 12.2 Å². The van der Waals surface area contributed by atoms with Crippen molar-refractivity contribution < 1.29 is 4.74 Å². The highest BCUT2D eigenvalue weighted by Crippen LogP contribution is 2.19. The van der Waals surface area contributed by atoms with E-state index in [9.17, 15) is 0 Å². The van der Waals surface area contributed by atoms with Gasteiger partial charge >= 0.3 is 0 Å². The minimum atomic E-state index is 0.239. The van der Waals surface area contributed by atoms with Crippen molar-refractivity contribution in [3.63, 3.8) is 0 Å². The third-order valence-electron chi connectivity index (χ3n) is 2.28. The fourth-order valence-electron chi connectivity index (χ4n) is 1.57. The van der Waals surface area contributed by atoms with Gasteiger partial charge in [0.2, 0.25) is 0 Å². The van der Waals surface area contributed by atoms with E-state index in [2.05, 4.69) is 29.3 Å². The van der Waals surface area contributed by atoms with E-state index in [4.69, 9.17) is 4.74 Å². The second-order valence-corrected chi connectivity index (χ2v) is 3.28. The van der Waals surface area contributed by atoms with Gasteiger partial charge in [0, 0.05) is 6.61 Å². The summed E-state index contributed by atoms with van der Waals surface area (Å²) in [6.07, 6.45) is 4.86. The van der Waals surface area contributed by atoms with E-state index < -0.39 is 0 Å². The SMILES string of the molecule is CC[C@H](N=C=S)[C@H]1CCCCO1. The van der Waals surface area contributed by atoms with Crippen molar-refractivity contribution in [2.75, 3.05) is 6.61 Å². The van der Waals surface area contributed by atoms with E-state index in [-0.39, 0.29) is 6.04 Å². The van der Waals surface area contributed by atoms with Gasteiger partial charge < -0.3 is 4.74 Å². The Morgan fingerprint density at radius 1 is 1.67 bits per heavy atom. The minimum absolute atomic E-state index is 0.239. The highest BCUT2D eigenvalue weighted by Gasteiger charge is 2.21. The van der Waals surface area contributed by atoms with Crippen LogP contribution in [0, 0.1) is 0 Å². The van der Waals surface area contributed by atoms with Crippen LogP contribution in [0.15, 0.2) is 4.99 Å². The molecule has 0 aliphatic carbocycles. The first-order chi connectivity index (χ1) is 5.88. The van der Waals surface area contributed by atoms with E-state index >= 15 is 0 Å². The van der Waals surface area contributed by atoms with E-state index in [0.29, 0.717) is 6.10 Å². The predicted molar refractivity (Wildman–Crippen MR) is 52.7 cm³/mol. The molecule has 0 spiro atoms. The highest BCUT2D eigenvalue weighted by atomic mass is 32.1. The number of ether oxygens (including phenoxy) is 1. The standard InChI is InChI=1S/C9H15NOS/c1-2-8(10-7-12)9-5-3-4-6-11-9/h8-9H,2-6H2,1H3/t8-,9+/m0/s1. The highest BCUT2D eigenvalue weighted by molar-refractivity contribution is 7.78. The van der Waals surface area contributed by atoms with Gasteiger partial charge in [-0.25, -0.2) is 4.99 Å². The first-order valence-electron chi connectivity index (χ1n) is 4.57. The van der Waals surface area contributed by atoms with Crippen LogP contribution in [-0.4, -0.2) is 23.9 Å². The van der Waals surface area contributed by atoms with Gasteiger partial charge in [-0.3, -0.25) is 0 Å². The molecule has 1 aliphatic rings. The molecule has 2 atom stereocenters. The van der Waals surface area contributed by atoms with E-state index in [1.807, 2.05) is 0 Å². The number of rotatable bonds is 3. The third kappa shape index (κ3) is 2.67. The molecule has 1 fully saturated rings. The number of thiocarbonyl (C=S) groups is 1. The largest absolute Gasteiger partial charge is 0.376 e. The summed E-state index contributed by atoms with van der Waals surface area (Å²) >= 11 is 4.59. The molecule has 1 saturated heterocycles. The molecule has 0 aromatic carbocycles. The third-order valence-corrected chi connectivity index (χ3v) is 2.39. The summed E-state index contributed by atoms with van der Waals surface area (Å²) < 4.78 is 5.60. The maximum Gasteiger partial charge on any atom is 0.0861 e. The number of hydrogen-bond acceptors (Lipinski definition) is 3. The maximum atomic E-state index is 5.60. The quantitative estimate of drug-likeness (QED) is 0.497. The van der Waals surface area contributed by atoms with Gasteiger partial charge in [-0.05, 0) is 37.9 Å². The Morgan fingerprint density at radius 2 is 2.50 bits per heavy atom. The van der Waals surface area contributed by atoms with Gasteiger partial charge in [0.25, 0.3) is 0 Å². The van der Waals surface area contributed by atoms with Gasteiger partial charge in [-0.15, -0.1) is 0 Å². The van der Waals surface area contributed by atoms with E-state index in [1.165, 1.54) is 12.8 Å². The van der Waals surface area contributed by atoms with Gasteiger partial charge in [0.05, 0.1) is 17.3 Å². The summed E-state index contributed by atoms with van der Waals surface area (Å²) in [5.74, 6) is 0. The molecule has 0 amide bonds. The number of hydrogen-bond donors (Lipinski definition) is 0. The van der Waals surface area contributed by atoms with Crippen LogP contribution in [-0.2, 0) is 4.74 Å². The van der Waals surface area contributed by atoms with Crippen molar-refractivity contribution in [1.82, 2.24) is 0 Å². The summed E-state index contributed by atoms with van der Waals surface area (Å²) in [5.41, 5.74) is 0. The number of isothiocyanates is 1. The Labute approximate surface area is 79.0 Å². The zero-order valence-electron chi connectivity index (χ0n) is 7.45. The van der Waals surface area contributed by atoms with Crippen LogP contribution in [0.2, 0.25) is 0 Å². The molecule has 1 aliphatic heterocycles. The first-order valence-corrected chi connectivity index (χ1v) is 4.98. The summed E-state index contributed by atoms with van der Waals surface area (Å²) in [5, 5.41) is 2.44.